The van der Waals surface area contributed by atoms with Crippen LogP contribution in [-0.4, -0.2) is 16.1 Å². The predicted molar refractivity (Wildman–Crippen MR) is 70.8 cm³/mol. The molecule has 2 rings (SSSR count). The van der Waals surface area contributed by atoms with Crippen molar-refractivity contribution in [3.63, 3.8) is 0 Å². The number of halogens is 2. The molecule has 2 N–H and O–H groups in total. The third-order valence-electron chi connectivity index (χ3n) is 2.08. The number of hydrogen-bond donors (Lipinski definition) is 2. The quantitative estimate of drug-likeness (QED) is 0.901. The number of carboxylic acids is 1. The Labute approximate surface area is 115 Å². The number of nitrogens with zero attached hydrogens (tertiary/aromatic N) is 1. The van der Waals surface area contributed by atoms with Crippen molar-refractivity contribution in [1.29, 1.82) is 0 Å². The van der Waals surface area contributed by atoms with Crippen molar-refractivity contribution in [3.05, 3.63) is 39.6 Å². The Bertz CT molecular complexity index is 568. The summed E-state index contributed by atoms with van der Waals surface area (Å²) in [5.41, 5.74) is 0.733. The average molecular weight is 331 g/mol. The fraction of sp³-hybridized carbons (Fsp3) is 0.0909. The van der Waals surface area contributed by atoms with Gasteiger partial charge in [-0.1, -0.05) is 6.07 Å². The van der Waals surface area contributed by atoms with Gasteiger partial charge in [-0.05, 0) is 28.1 Å². The lowest BCUT2D eigenvalue weighted by Crippen LogP contribution is -2.00. The van der Waals surface area contributed by atoms with E-state index in [2.05, 4.69) is 26.2 Å². The Morgan fingerprint density at radius 1 is 1.56 bits per heavy atom. The summed E-state index contributed by atoms with van der Waals surface area (Å²) >= 11 is 4.46. The molecule has 0 spiro atoms. The van der Waals surface area contributed by atoms with Crippen LogP contribution in [0.25, 0.3) is 0 Å². The van der Waals surface area contributed by atoms with Gasteiger partial charge < -0.3 is 10.4 Å². The number of hydrogen-bond acceptors (Lipinski definition) is 4. The van der Waals surface area contributed by atoms with Gasteiger partial charge in [-0.25, -0.2) is 9.37 Å². The molecule has 0 saturated heterocycles. The van der Waals surface area contributed by atoms with Crippen molar-refractivity contribution in [3.8, 4) is 0 Å². The van der Waals surface area contributed by atoms with E-state index in [0.717, 1.165) is 0 Å². The third-order valence-corrected chi connectivity index (χ3v) is 3.55. The molecular formula is C11H8BrFN2O2S. The first-order chi connectivity index (χ1) is 8.56. The number of thiazole rings is 1. The van der Waals surface area contributed by atoms with Crippen LogP contribution in [0.15, 0.2) is 28.1 Å². The third kappa shape index (κ3) is 3.05. The van der Waals surface area contributed by atoms with Gasteiger partial charge in [-0.15, -0.1) is 11.3 Å². The number of anilines is 2. The fourth-order valence-electron chi connectivity index (χ4n) is 1.32. The van der Waals surface area contributed by atoms with Crippen molar-refractivity contribution < 1.29 is 14.3 Å². The molecule has 0 atom stereocenters. The maximum Gasteiger partial charge on any atom is 0.309 e. The molecule has 0 amide bonds. The molecule has 0 unspecified atom stereocenters. The molecule has 18 heavy (non-hydrogen) atoms. The molecule has 7 heteroatoms. The molecule has 1 heterocycles. The normalized spacial score (nSPS) is 10.3. The van der Waals surface area contributed by atoms with Crippen LogP contribution in [0.2, 0.25) is 0 Å². The first kappa shape index (κ1) is 13.0. The Balaban J connectivity index is 2.19. The molecule has 0 aliphatic carbocycles. The smallest absolute Gasteiger partial charge is 0.309 e. The highest BCUT2D eigenvalue weighted by molar-refractivity contribution is 9.10. The first-order valence-electron chi connectivity index (χ1n) is 4.93. The number of nitrogens with one attached hydrogen (secondary N) is 1. The van der Waals surface area contributed by atoms with Crippen molar-refractivity contribution in [2.45, 2.75) is 6.42 Å². The molecule has 0 aliphatic heterocycles. The number of carbonyl (C=O) groups is 1. The number of aliphatic carboxylic acids is 1. The van der Waals surface area contributed by atoms with Crippen molar-refractivity contribution in [1.82, 2.24) is 4.98 Å². The maximum absolute atomic E-state index is 13.5. The molecule has 4 nitrogen and oxygen atoms in total. The number of aromatic nitrogens is 1. The molecule has 0 radical (unpaired) electrons. The van der Waals surface area contributed by atoms with Gasteiger partial charge in [-0.3, -0.25) is 4.79 Å². The van der Waals surface area contributed by atoms with E-state index >= 15 is 0 Å². The summed E-state index contributed by atoms with van der Waals surface area (Å²) in [6.07, 6.45) is -0.142. The number of benzene rings is 1. The Morgan fingerprint density at radius 3 is 3.00 bits per heavy atom. The highest BCUT2D eigenvalue weighted by Gasteiger charge is 2.10. The van der Waals surface area contributed by atoms with Crippen LogP contribution in [0.1, 0.15) is 5.69 Å². The molecule has 0 aliphatic rings. The zero-order valence-corrected chi connectivity index (χ0v) is 11.4. The van der Waals surface area contributed by atoms with Crippen LogP contribution < -0.4 is 5.32 Å². The van der Waals surface area contributed by atoms with Gasteiger partial charge in [0.05, 0.1) is 17.8 Å². The standard InChI is InChI=1S/C11H8BrFN2O2S/c12-7-2-1-3-8(13)10(7)15-11-14-6(5-18-11)4-9(16)17/h1-3,5H,4H2,(H,14,15)(H,16,17). The first-order valence-corrected chi connectivity index (χ1v) is 6.61. The van der Waals surface area contributed by atoms with Crippen LogP contribution in [0.3, 0.4) is 0 Å². The minimum absolute atomic E-state index is 0.142. The van der Waals surface area contributed by atoms with Crippen LogP contribution in [0, 0.1) is 5.82 Å². The lowest BCUT2D eigenvalue weighted by atomic mass is 10.3. The van der Waals surface area contributed by atoms with Gasteiger partial charge in [0.25, 0.3) is 0 Å². The van der Waals surface area contributed by atoms with Crippen molar-refractivity contribution in [2.75, 3.05) is 5.32 Å². The van der Waals surface area contributed by atoms with E-state index in [1.807, 2.05) is 0 Å². The minimum atomic E-state index is -0.945. The van der Waals surface area contributed by atoms with Crippen LogP contribution >= 0.6 is 27.3 Å². The maximum atomic E-state index is 13.5. The van der Waals surface area contributed by atoms with Gasteiger partial charge in [-0.2, -0.15) is 0 Å². The summed E-state index contributed by atoms with van der Waals surface area (Å²) in [5.74, 6) is -1.35. The summed E-state index contributed by atoms with van der Waals surface area (Å²) in [6, 6.07) is 4.62. The highest BCUT2D eigenvalue weighted by atomic mass is 79.9. The minimum Gasteiger partial charge on any atom is -0.481 e. The summed E-state index contributed by atoms with van der Waals surface area (Å²) < 4.78 is 14.1. The zero-order chi connectivity index (χ0) is 13.1. The SMILES string of the molecule is O=C(O)Cc1csc(Nc2c(F)cccc2Br)n1. The average Bonchev–Trinajstić information content (AvgIpc) is 2.70. The van der Waals surface area contributed by atoms with Crippen LogP contribution in [-0.2, 0) is 11.2 Å². The fourth-order valence-corrected chi connectivity index (χ4v) is 2.48. The van der Waals surface area contributed by atoms with E-state index in [4.69, 9.17) is 5.11 Å². The number of rotatable bonds is 4. The second kappa shape index (κ2) is 5.45. The summed E-state index contributed by atoms with van der Waals surface area (Å²) in [6.45, 7) is 0. The monoisotopic (exact) mass is 330 g/mol. The predicted octanol–water partition coefficient (Wildman–Crippen LogP) is 3.42. The molecular weight excluding hydrogens is 323 g/mol. The lowest BCUT2D eigenvalue weighted by Gasteiger charge is -2.06. The topological polar surface area (TPSA) is 62.2 Å². The Kier molecular flexibility index (Phi) is 3.93. The van der Waals surface area contributed by atoms with Gasteiger partial charge in [0.1, 0.15) is 5.82 Å². The molecule has 0 fully saturated rings. The van der Waals surface area contributed by atoms with E-state index in [1.165, 1.54) is 17.4 Å². The largest absolute Gasteiger partial charge is 0.481 e. The molecule has 1 aromatic heterocycles. The molecule has 0 saturated carbocycles. The van der Waals surface area contributed by atoms with E-state index in [9.17, 15) is 9.18 Å². The Morgan fingerprint density at radius 2 is 2.33 bits per heavy atom. The second-order valence-electron chi connectivity index (χ2n) is 3.44. The van der Waals surface area contributed by atoms with Crippen molar-refractivity contribution >= 4 is 44.1 Å². The van der Waals surface area contributed by atoms with Gasteiger partial charge in [0.2, 0.25) is 0 Å². The lowest BCUT2D eigenvalue weighted by molar-refractivity contribution is -0.136. The Hall–Kier alpha value is -1.47. The number of para-hydroxylation sites is 1. The van der Waals surface area contributed by atoms with Gasteiger partial charge >= 0.3 is 5.97 Å². The molecule has 94 valence electrons. The second-order valence-corrected chi connectivity index (χ2v) is 5.15. The van der Waals surface area contributed by atoms with Crippen LogP contribution in [0.4, 0.5) is 15.2 Å². The number of carboxylic acid groups (broad SMARTS) is 1. The van der Waals surface area contributed by atoms with E-state index in [-0.39, 0.29) is 12.1 Å². The summed E-state index contributed by atoms with van der Waals surface area (Å²) in [4.78, 5) is 14.6. The molecule has 2 aromatic rings. The van der Waals surface area contributed by atoms with E-state index in [0.29, 0.717) is 15.3 Å². The van der Waals surface area contributed by atoms with Crippen LogP contribution in [0.5, 0.6) is 0 Å². The highest BCUT2D eigenvalue weighted by Crippen LogP contribution is 2.29. The van der Waals surface area contributed by atoms with E-state index in [1.54, 1.807) is 17.5 Å². The van der Waals surface area contributed by atoms with Crippen molar-refractivity contribution in [2.24, 2.45) is 0 Å². The van der Waals surface area contributed by atoms with Gasteiger partial charge in [0, 0.05) is 9.85 Å². The van der Waals surface area contributed by atoms with Gasteiger partial charge in [0.15, 0.2) is 5.13 Å². The molecule has 0 bridgehead atoms. The summed E-state index contributed by atoms with van der Waals surface area (Å²) in [5, 5.41) is 13.5. The zero-order valence-electron chi connectivity index (χ0n) is 8.98. The summed E-state index contributed by atoms with van der Waals surface area (Å²) in [7, 11) is 0. The molecule has 1 aromatic carbocycles. The van der Waals surface area contributed by atoms with E-state index < -0.39 is 11.8 Å².